The van der Waals surface area contributed by atoms with Crippen LogP contribution in [0.4, 0.5) is 8.78 Å². The van der Waals surface area contributed by atoms with Crippen molar-refractivity contribution in [2.24, 2.45) is 17.8 Å². The van der Waals surface area contributed by atoms with Crippen molar-refractivity contribution in [2.75, 3.05) is 26.2 Å². The number of halogens is 2. The molecule has 0 radical (unpaired) electrons. The van der Waals surface area contributed by atoms with Crippen LogP contribution in [0.2, 0.25) is 0 Å². The zero-order valence-electron chi connectivity index (χ0n) is 13.1. The number of hydrogen-bond acceptors (Lipinski definition) is 2. The summed E-state index contributed by atoms with van der Waals surface area (Å²) in [5, 5.41) is 3.43. The van der Waals surface area contributed by atoms with E-state index in [0.717, 1.165) is 45.1 Å². The second-order valence-electron chi connectivity index (χ2n) is 7.20. The monoisotopic (exact) mass is 320 g/mol. The number of rotatable bonds is 2. The molecule has 2 saturated heterocycles. The number of likely N-dealkylation sites (tertiary alicyclic amines) is 1. The Labute approximate surface area is 135 Å². The van der Waals surface area contributed by atoms with Crippen molar-refractivity contribution in [1.29, 1.82) is 0 Å². The van der Waals surface area contributed by atoms with Gasteiger partial charge < -0.3 is 10.2 Å². The van der Waals surface area contributed by atoms with Gasteiger partial charge in [-0.25, -0.2) is 8.78 Å². The molecule has 1 aliphatic carbocycles. The summed E-state index contributed by atoms with van der Waals surface area (Å²) >= 11 is 0. The van der Waals surface area contributed by atoms with E-state index in [0.29, 0.717) is 23.8 Å². The Morgan fingerprint density at radius 1 is 1.13 bits per heavy atom. The Morgan fingerprint density at radius 3 is 2.48 bits per heavy atom. The van der Waals surface area contributed by atoms with Crippen LogP contribution in [0, 0.1) is 29.4 Å². The SMILES string of the molecule is O=C(C1CC1c1ccc(F)cc1F)N1CC[C@@H]2CNC[C@@H]2CC1. The van der Waals surface area contributed by atoms with Gasteiger partial charge in [0.15, 0.2) is 0 Å². The number of fused-ring (bicyclic) bond motifs is 1. The van der Waals surface area contributed by atoms with E-state index in [4.69, 9.17) is 0 Å². The van der Waals surface area contributed by atoms with Gasteiger partial charge in [0, 0.05) is 25.1 Å². The van der Waals surface area contributed by atoms with Gasteiger partial charge in [-0.15, -0.1) is 0 Å². The number of hydrogen-bond donors (Lipinski definition) is 1. The van der Waals surface area contributed by atoms with Gasteiger partial charge in [0.25, 0.3) is 0 Å². The maximum Gasteiger partial charge on any atom is 0.226 e. The molecule has 23 heavy (non-hydrogen) atoms. The first-order valence-corrected chi connectivity index (χ1v) is 8.58. The van der Waals surface area contributed by atoms with E-state index in [1.165, 1.54) is 12.1 Å². The molecule has 124 valence electrons. The number of nitrogens with one attached hydrogen (secondary N) is 1. The van der Waals surface area contributed by atoms with Crippen LogP contribution >= 0.6 is 0 Å². The average Bonchev–Trinajstić information content (AvgIpc) is 3.24. The Balaban J connectivity index is 1.40. The highest BCUT2D eigenvalue weighted by Gasteiger charge is 2.47. The molecule has 0 spiro atoms. The van der Waals surface area contributed by atoms with Crippen LogP contribution in [-0.4, -0.2) is 37.0 Å². The Hall–Kier alpha value is -1.49. The van der Waals surface area contributed by atoms with Crippen molar-refractivity contribution >= 4 is 5.91 Å². The van der Waals surface area contributed by atoms with E-state index in [1.54, 1.807) is 0 Å². The van der Waals surface area contributed by atoms with Gasteiger partial charge >= 0.3 is 0 Å². The molecular formula is C18H22F2N2O. The minimum atomic E-state index is -0.567. The predicted octanol–water partition coefficient (Wildman–Crippen LogP) is 2.53. The van der Waals surface area contributed by atoms with Crippen molar-refractivity contribution in [3.63, 3.8) is 0 Å². The molecule has 4 rings (SSSR count). The molecule has 0 aromatic heterocycles. The lowest BCUT2D eigenvalue weighted by Crippen LogP contribution is -2.34. The standard InChI is InChI=1S/C18H22F2N2O/c19-13-1-2-14(17(20)7-13)15-8-16(15)18(23)22-5-3-11-9-21-10-12(11)4-6-22/h1-2,7,11-12,15-16,21H,3-6,8-10H2/t11-,12+,15?,16?. The van der Waals surface area contributed by atoms with E-state index in [1.807, 2.05) is 4.90 Å². The maximum absolute atomic E-state index is 13.9. The van der Waals surface area contributed by atoms with Crippen LogP contribution in [0.25, 0.3) is 0 Å². The van der Waals surface area contributed by atoms with E-state index in [2.05, 4.69) is 5.32 Å². The predicted molar refractivity (Wildman–Crippen MR) is 82.9 cm³/mol. The van der Waals surface area contributed by atoms with Gasteiger partial charge in [-0.3, -0.25) is 4.79 Å². The van der Waals surface area contributed by atoms with Gasteiger partial charge in [0.05, 0.1) is 0 Å². The smallest absolute Gasteiger partial charge is 0.226 e. The lowest BCUT2D eigenvalue weighted by atomic mass is 9.92. The van der Waals surface area contributed by atoms with E-state index >= 15 is 0 Å². The first-order valence-electron chi connectivity index (χ1n) is 8.58. The zero-order valence-corrected chi connectivity index (χ0v) is 13.1. The third-order valence-electron chi connectivity index (χ3n) is 5.80. The molecular weight excluding hydrogens is 298 g/mol. The molecule has 0 bridgehead atoms. The lowest BCUT2D eigenvalue weighted by Gasteiger charge is -2.21. The van der Waals surface area contributed by atoms with Gasteiger partial charge in [0.1, 0.15) is 11.6 Å². The minimum absolute atomic E-state index is 0.0764. The molecule has 1 N–H and O–H groups in total. The Kier molecular flexibility index (Phi) is 3.84. The summed E-state index contributed by atoms with van der Waals surface area (Å²) in [7, 11) is 0. The summed E-state index contributed by atoms with van der Waals surface area (Å²) < 4.78 is 26.9. The van der Waals surface area contributed by atoms with Crippen molar-refractivity contribution in [1.82, 2.24) is 10.2 Å². The summed E-state index contributed by atoms with van der Waals surface area (Å²) in [6.45, 7) is 3.77. The number of carbonyl (C=O) groups is 1. The van der Waals surface area contributed by atoms with E-state index < -0.39 is 11.6 Å². The molecule has 1 aromatic carbocycles. The summed E-state index contributed by atoms with van der Waals surface area (Å²) in [6.07, 6.45) is 2.81. The van der Waals surface area contributed by atoms with Gasteiger partial charge in [-0.05, 0) is 61.7 Å². The molecule has 1 amide bonds. The second-order valence-corrected chi connectivity index (χ2v) is 7.20. The Morgan fingerprint density at radius 2 is 1.83 bits per heavy atom. The molecule has 1 saturated carbocycles. The van der Waals surface area contributed by atoms with Crippen LogP contribution in [0.1, 0.15) is 30.7 Å². The lowest BCUT2D eigenvalue weighted by molar-refractivity contribution is -0.132. The van der Waals surface area contributed by atoms with Crippen molar-refractivity contribution in [2.45, 2.75) is 25.2 Å². The molecule has 3 fully saturated rings. The van der Waals surface area contributed by atoms with Crippen LogP contribution in [0.5, 0.6) is 0 Å². The number of carbonyl (C=O) groups excluding carboxylic acids is 1. The van der Waals surface area contributed by atoms with E-state index in [9.17, 15) is 13.6 Å². The maximum atomic E-state index is 13.9. The fourth-order valence-electron chi connectivity index (χ4n) is 4.29. The average molecular weight is 320 g/mol. The summed E-state index contributed by atoms with van der Waals surface area (Å²) in [4.78, 5) is 14.7. The van der Waals surface area contributed by atoms with Crippen LogP contribution in [-0.2, 0) is 4.79 Å². The van der Waals surface area contributed by atoms with E-state index in [-0.39, 0.29) is 17.7 Å². The first kappa shape index (κ1) is 15.1. The van der Waals surface area contributed by atoms with Crippen LogP contribution < -0.4 is 5.32 Å². The largest absolute Gasteiger partial charge is 0.342 e. The van der Waals surface area contributed by atoms with Crippen LogP contribution in [0.15, 0.2) is 18.2 Å². The van der Waals surface area contributed by atoms with Crippen molar-refractivity contribution in [3.8, 4) is 0 Å². The number of nitrogens with zero attached hydrogens (tertiary/aromatic N) is 1. The third kappa shape index (κ3) is 2.87. The summed E-state index contributed by atoms with van der Waals surface area (Å²) in [5.41, 5.74) is 0.487. The number of amides is 1. The summed E-state index contributed by atoms with van der Waals surface area (Å²) in [6, 6.07) is 3.68. The quantitative estimate of drug-likeness (QED) is 0.908. The highest BCUT2D eigenvalue weighted by molar-refractivity contribution is 5.83. The topological polar surface area (TPSA) is 32.3 Å². The molecule has 1 aromatic rings. The zero-order chi connectivity index (χ0) is 16.0. The van der Waals surface area contributed by atoms with Crippen molar-refractivity contribution in [3.05, 3.63) is 35.4 Å². The Bertz CT molecular complexity index is 607. The molecule has 5 heteroatoms. The second kappa shape index (κ2) is 5.86. The van der Waals surface area contributed by atoms with Crippen molar-refractivity contribution < 1.29 is 13.6 Å². The number of benzene rings is 1. The highest BCUT2D eigenvalue weighted by atomic mass is 19.1. The highest BCUT2D eigenvalue weighted by Crippen LogP contribution is 2.49. The van der Waals surface area contributed by atoms with Gasteiger partial charge in [0.2, 0.25) is 5.91 Å². The minimum Gasteiger partial charge on any atom is -0.342 e. The molecule has 3 nitrogen and oxygen atoms in total. The molecule has 4 atom stereocenters. The normalized spacial score (nSPS) is 33.2. The van der Waals surface area contributed by atoms with Gasteiger partial charge in [-0.1, -0.05) is 6.07 Å². The molecule has 3 aliphatic rings. The fourth-order valence-corrected chi connectivity index (χ4v) is 4.29. The third-order valence-corrected chi connectivity index (χ3v) is 5.80. The summed E-state index contributed by atoms with van der Waals surface area (Å²) in [5.74, 6) is 0.254. The van der Waals surface area contributed by atoms with Gasteiger partial charge in [-0.2, -0.15) is 0 Å². The van der Waals surface area contributed by atoms with Crippen LogP contribution in [0.3, 0.4) is 0 Å². The molecule has 2 unspecified atom stereocenters. The fraction of sp³-hybridized carbons (Fsp3) is 0.611. The molecule has 2 aliphatic heterocycles. The first-order chi connectivity index (χ1) is 11.1. The molecule has 2 heterocycles.